The Labute approximate surface area is 200 Å². The van der Waals surface area contributed by atoms with Crippen LogP contribution >= 0.6 is 7.82 Å². The van der Waals surface area contributed by atoms with Gasteiger partial charge >= 0.3 is 13.8 Å². The van der Waals surface area contributed by atoms with Gasteiger partial charge in [-0.2, -0.15) is 0 Å². The molecule has 1 aromatic carbocycles. The predicted octanol–water partition coefficient (Wildman–Crippen LogP) is 3.82. The van der Waals surface area contributed by atoms with Gasteiger partial charge in [0.25, 0.3) is 5.69 Å². The fraction of sp³-hybridized carbons (Fsp3) is 0.667. The van der Waals surface area contributed by atoms with Gasteiger partial charge < -0.3 is 24.7 Å². The number of nitro groups is 1. The van der Waals surface area contributed by atoms with Gasteiger partial charge in [-0.15, -0.1) is 0 Å². The number of hydrogen-bond acceptors (Lipinski definition) is 8. The van der Waals surface area contributed by atoms with Gasteiger partial charge in [0.1, 0.15) is 18.4 Å². The highest BCUT2D eigenvalue weighted by atomic mass is 31.2. The summed E-state index contributed by atoms with van der Waals surface area (Å²) in [5.74, 6) is -0.632. The molecule has 0 fully saturated rings. The number of non-ortho nitro benzene ring substituents is 1. The molecule has 34 heavy (non-hydrogen) atoms. The summed E-state index contributed by atoms with van der Waals surface area (Å²) in [6.45, 7) is 0.777. The van der Waals surface area contributed by atoms with Crippen molar-refractivity contribution in [2.24, 2.45) is 0 Å². The second-order valence-corrected chi connectivity index (χ2v) is 10.2. The third-order valence-electron chi connectivity index (χ3n) is 4.53. The van der Waals surface area contributed by atoms with Crippen molar-refractivity contribution in [1.82, 2.24) is 0 Å². The second kappa shape index (κ2) is 15.8. The van der Waals surface area contributed by atoms with Crippen molar-refractivity contribution in [2.75, 3.05) is 40.9 Å². The smallest absolute Gasteiger partial charge is 0.472 e. The first-order chi connectivity index (χ1) is 15.4. The Hall–Kier alpha value is -2.08. The monoisotopic (exact) mass is 508 g/mol. The van der Waals surface area contributed by atoms with Gasteiger partial charge in [-0.1, -0.05) is 31.7 Å². The van der Waals surface area contributed by atoms with Crippen LogP contribution in [-0.2, 0) is 18.4 Å². The lowest BCUT2D eigenvalue weighted by Crippen LogP contribution is -2.42. The molecule has 0 saturated heterocycles. The number of rotatable bonds is 18. The largest absolute Gasteiger partial charge is 0.870 e. The molecule has 3 N–H and O–H groups in total. The normalized spacial score (nSPS) is 14.0. The number of aliphatic carboxylic acids is 1. The van der Waals surface area contributed by atoms with Crippen LogP contribution in [0.3, 0.4) is 0 Å². The van der Waals surface area contributed by atoms with Crippen molar-refractivity contribution in [3.05, 3.63) is 34.4 Å². The lowest BCUT2D eigenvalue weighted by Gasteiger charge is -2.29. The van der Waals surface area contributed by atoms with Crippen molar-refractivity contribution in [2.45, 2.75) is 51.0 Å². The van der Waals surface area contributed by atoms with Crippen molar-refractivity contribution < 1.29 is 48.0 Å². The molecule has 0 aliphatic carbocycles. The number of phosphoric ester groups is 1. The number of likely N-dealkylation sites (N-methyl/N-ethyl adjacent to an activating group) is 1. The third kappa shape index (κ3) is 15.7. The topological polar surface area (TPSA) is 175 Å². The standard InChI is InChI=1S/C21H35N2O9P.H2O/c1-23(2,3)17-20(16-21(24)25)32-33(28,29)31-14-9-7-5-4-6-8-13-30-19-12-10-11-18(15-19)22(26)27;/h10-12,15,20H,4-9,13-14,16-17H2,1-3H3,(H-,24,25,28,29);1H2. The minimum absolute atomic E-state index is 0. The van der Waals surface area contributed by atoms with E-state index in [0.29, 0.717) is 23.3 Å². The molecule has 0 aromatic heterocycles. The SMILES string of the molecule is C[N+](C)(C)CC(CC(=O)O)OP(=O)(O)OCCCCCCCCOc1cccc([N+](=O)[O-])c1.[OH-]. The van der Waals surface area contributed by atoms with Gasteiger partial charge in [0.2, 0.25) is 0 Å². The first-order valence-corrected chi connectivity index (χ1v) is 12.4. The molecule has 0 radical (unpaired) electrons. The molecule has 0 aliphatic rings. The van der Waals surface area contributed by atoms with Crippen LogP contribution in [0.5, 0.6) is 5.75 Å². The van der Waals surface area contributed by atoms with E-state index in [-0.39, 0.29) is 30.7 Å². The van der Waals surface area contributed by atoms with Gasteiger partial charge in [-0.25, -0.2) is 4.57 Å². The zero-order valence-corrected chi connectivity index (χ0v) is 20.9. The summed E-state index contributed by atoms with van der Waals surface area (Å²) in [6, 6.07) is 6.08. The van der Waals surface area contributed by atoms with E-state index in [1.54, 1.807) is 12.1 Å². The number of carboxylic acid groups (broad SMARTS) is 1. The van der Waals surface area contributed by atoms with E-state index in [1.165, 1.54) is 12.1 Å². The van der Waals surface area contributed by atoms with Crippen LogP contribution in [0.1, 0.15) is 44.9 Å². The summed E-state index contributed by atoms with van der Waals surface area (Å²) in [5.41, 5.74) is -0.00155. The summed E-state index contributed by atoms with van der Waals surface area (Å²) in [6.07, 6.45) is 3.70. The van der Waals surface area contributed by atoms with E-state index in [1.807, 2.05) is 21.1 Å². The quantitative estimate of drug-likeness (QED) is 0.0974. The molecule has 0 saturated carbocycles. The van der Waals surface area contributed by atoms with E-state index in [0.717, 1.165) is 32.1 Å². The molecule has 0 spiro atoms. The highest BCUT2D eigenvalue weighted by molar-refractivity contribution is 7.47. The number of nitro benzene ring substituents is 1. The number of benzene rings is 1. The van der Waals surface area contributed by atoms with Crippen LogP contribution in [0, 0.1) is 10.1 Å². The van der Waals surface area contributed by atoms with Crippen LogP contribution in [0.15, 0.2) is 24.3 Å². The van der Waals surface area contributed by atoms with Crippen molar-refractivity contribution >= 4 is 19.5 Å². The molecule has 0 amide bonds. The maximum absolute atomic E-state index is 12.1. The Morgan fingerprint density at radius 3 is 2.26 bits per heavy atom. The maximum atomic E-state index is 12.1. The molecule has 0 bridgehead atoms. The van der Waals surface area contributed by atoms with Crippen molar-refractivity contribution in [3.8, 4) is 5.75 Å². The summed E-state index contributed by atoms with van der Waals surface area (Å²) in [4.78, 5) is 31.2. The molecule has 12 nitrogen and oxygen atoms in total. The van der Waals surface area contributed by atoms with Crippen LogP contribution in [-0.4, -0.2) is 77.9 Å². The van der Waals surface area contributed by atoms with Gasteiger partial charge in [-0.3, -0.25) is 24.0 Å². The number of nitrogens with zero attached hydrogens (tertiary/aromatic N) is 2. The first kappa shape index (κ1) is 31.9. The fourth-order valence-corrected chi connectivity index (χ4v) is 4.07. The van der Waals surface area contributed by atoms with Crippen molar-refractivity contribution in [1.29, 1.82) is 0 Å². The average Bonchev–Trinajstić information content (AvgIpc) is 2.67. The molecule has 1 rings (SSSR count). The number of unbranched alkanes of at least 4 members (excludes halogenated alkanes) is 5. The first-order valence-electron chi connectivity index (χ1n) is 10.9. The summed E-state index contributed by atoms with van der Waals surface area (Å²) in [5, 5.41) is 19.7. The van der Waals surface area contributed by atoms with E-state index >= 15 is 0 Å². The van der Waals surface area contributed by atoms with Crippen LogP contribution in [0.4, 0.5) is 5.69 Å². The number of hydrogen-bond donors (Lipinski definition) is 2. The molecular formula is C21H37N2O10P. The Morgan fingerprint density at radius 1 is 1.12 bits per heavy atom. The second-order valence-electron chi connectivity index (χ2n) is 8.82. The zero-order chi connectivity index (χ0) is 24.9. The minimum atomic E-state index is -4.33. The molecule has 1 aromatic rings. The van der Waals surface area contributed by atoms with Gasteiger partial charge in [0.05, 0.1) is 51.8 Å². The molecule has 0 aliphatic heterocycles. The van der Waals surface area contributed by atoms with E-state index in [4.69, 9.17) is 18.9 Å². The van der Waals surface area contributed by atoms with Gasteiger partial charge in [0.15, 0.2) is 0 Å². The Morgan fingerprint density at radius 2 is 1.71 bits per heavy atom. The molecule has 0 heterocycles. The predicted molar refractivity (Wildman–Crippen MR) is 124 cm³/mol. The fourth-order valence-electron chi connectivity index (χ4n) is 3.13. The minimum Gasteiger partial charge on any atom is -0.870 e. The van der Waals surface area contributed by atoms with Gasteiger partial charge in [0, 0.05) is 6.07 Å². The molecular weight excluding hydrogens is 471 g/mol. The average molecular weight is 509 g/mol. The molecule has 2 atom stereocenters. The molecule has 196 valence electrons. The lowest BCUT2D eigenvalue weighted by atomic mass is 10.1. The summed E-state index contributed by atoms with van der Waals surface area (Å²) in [7, 11) is 1.17. The van der Waals surface area contributed by atoms with Crippen molar-refractivity contribution in [3.63, 3.8) is 0 Å². The highest BCUT2D eigenvalue weighted by Crippen LogP contribution is 2.45. The van der Waals surface area contributed by atoms with Crippen LogP contribution < -0.4 is 4.74 Å². The molecule has 2 unspecified atom stereocenters. The Kier molecular flexibility index (Phi) is 14.8. The number of ether oxygens (including phenoxy) is 1. The third-order valence-corrected chi connectivity index (χ3v) is 5.60. The van der Waals surface area contributed by atoms with E-state index < -0.39 is 24.8 Å². The van der Waals surface area contributed by atoms with Crippen LogP contribution in [0.25, 0.3) is 0 Å². The number of phosphoric acid groups is 1. The number of carboxylic acids is 1. The van der Waals surface area contributed by atoms with Gasteiger partial charge in [-0.05, 0) is 18.9 Å². The number of carbonyl (C=O) groups is 1. The van der Waals surface area contributed by atoms with E-state index in [9.17, 15) is 24.4 Å². The van der Waals surface area contributed by atoms with Crippen LogP contribution in [0.2, 0.25) is 0 Å². The summed E-state index contributed by atoms with van der Waals surface area (Å²) < 4.78 is 28.1. The molecule has 13 heteroatoms. The Bertz CT molecular complexity index is 800. The maximum Gasteiger partial charge on any atom is 0.472 e. The Balaban J connectivity index is 0.0000109. The number of quaternary nitrogens is 1. The summed E-state index contributed by atoms with van der Waals surface area (Å²) >= 11 is 0. The zero-order valence-electron chi connectivity index (χ0n) is 20.0. The van der Waals surface area contributed by atoms with E-state index in [2.05, 4.69) is 0 Å². The highest BCUT2D eigenvalue weighted by Gasteiger charge is 2.31. The lowest BCUT2D eigenvalue weighted by molar-refractivity contribution is -0.873.